The predicted octanol–water partition coefficient (Wildman–Crippen LogP) is 4.77. The molecule has 0 atom stereocenters. The smallest absolute Gasteiger partial charge is 0.299 e. The molecule has 2 rings (SSSR count). The molecule has 1 aromatic carbocycles. The lowest BCUT2D eigenvalue weighted by atomic mass is 10.0. The first kappa shape index (κ1) is 15.1. The zero-order valence-electron chi connectivity index (χ0n) is 10.2. The molecule has 0 saturated heterocycles. The lowest BCUT2D eigenvalue weighted by Crippen LogP contribution is -2.07. The van der Waals surface area contributed by atoms with E-state index in [1.54, 1.807) is 12.1 Å². The lowest BCUT2D eigenvalue weighted by Gasteiger charge is -2.07. The van der Waals surface area contributed by atoms with Gasteiger partial charge in [0.2, 0.25) is 0 Å². The summed E-state index contributed by atoms with van der Waals surface area (Å²) in [6.45, 7) is 0. The maximum Gasteiger partial charge on any atom is 0.416 e. The number of carbonyl (C=O) groups excluding carboxylic acids is 1. The fourth-order valence-corrected chi connectivity index (χ4v) is 2.86. The van der Waals surface area contributed by atoms with Gasteiger partial charge in [-0.3, -0.25) is 4.79 Å². The monoisotopic (exact) mass is 318 g/mol. The van der Waals surface area contributed by atoms with E-state index in [0.29, 0.717) is 9.90 Å². The Morgan fingerprint density at radius 1 is 1.05 bits per heavy atom. The molecule has 0 aliphatic heterocycles. The van der Waals surface area contributed by atoms with Crippen LogP contribution in [-0.2, 0) is 23.8 Å². The molecule has 0 saturated carbocycles. The average molecular weight is 319 g/mol. The molecule has 0 fully saturated rings. The molecule has 0 bridgehead atoms. The number of benzene rings is 1. The Bertz CT molecular complexity index is 602. The van der Waals surface area contributed by atoms with Crippen LogP contribution in [0, 0.1) is 0 Å². The molecule has 1 aromatic heterocycles. The van der Waals surface area contributed by atoms with Crippen molar-refractivity contribution in [3.8, 4) is 0 Å². The van der Waals surface area contributed by atoms with E-state index < -0.39 is 11.7 Å². The largest absolute Gasteiger partial charge is 0.416 e. The van der Waals surface area contributed by atoms with Crippen LogP contribution in [0.3, 0.4) is 0 Å². The summed E-state index contributed by atoms with van der Waals surface area (Å²) in [5.74, 6) is -0.0525. The molecule has 0 aliphatic rings. The number of alkyl halides is 3. The molecule has 1 nitrogen and oxygen atoms in total. The van der Waals surface area contributed by atoms with E-state index in [2.05, 4.69) is 0 Å². The van der Waals surface area contributed by atoms with Crippen LogP contribution in [0.4, 0.5) is 13.2 Å². The molecule has 0 radical (unpaired) electrons. The molecule has 0 unspecified atom stereocenters. The van der Waals surface area contributed by atoms with Crippen molar-refractivity contribution in [3.05, 3.63) is 56.7 Å². The molecule has 0 amide bonds. The Hall–Kier alpha value is -1.33. The molecule has 2 aromatic rings. The summed E-state index contributed by atoms with van der Waals surface area (Å²) in [7, 11) is 0. The van der Waals surface area contributed by atoms with Gasteiger partial charge in [0.15, 0.2) is 0 Å². The predicted molar refractivity (Wildman–Crippen MR) is 73.2 cm³/mol. The minimum atomic E-state index is -4.35. The van der Waals surface area contributed by atoms with Crippen LogP contribution in [0.25, 0.3) is 0 Å². The Labute approximate surface area is 123 Å². The van der Waals surface area contributed by atoms with Gasteiger partial charge in [0.05, 0.1) is 9.90 Å². The van der Waals surface area contributed by atoms with E-state index in [0.717, 1.165) is 17.0 Å². The fraction of sp³-hybridized carbons (Fsp3) is 0.214. The molecule has 1 heterocycles. The van der Waals surface area contributed by atoms with E-state index in [4.69, 9.17) is 11.6 Å². The van der Waals surface area contributed by atoms with Crippen LogP contribution in [0.2, 0.25) is 4.34 Å². The Morgan fingerprint density at radius 2 is 1.70 bits per heavy atom. The average Bonchev–Trinajstić information content (AvgIpc) is 2.74. The van der Waals surface area contributed by atoms with E-state index >= 15 is 0 Å². The third-order valence-corrected chi connectivity index (χ3v) is 3.91. The van der Waals surface area contributed by atoms with Crippen molar-refractivity contribution in [3.63, 3.8) is 0 Å². The number of hydrogen-bond acceptors (Lipinski definition) is 2. The summed E-state index contributed by atoms with van der Waals surface area (Å²) in [5.41, 5.74) is -0.135. The third-order valence-electron chi connectivity index (χ3n) is 2.68. The zero-order valence-corrected chi connectivity index (χ0v) is 11.8. The van der Waals surface area contributed by atoms with Crippen molar-refractivity contribution < 1.29 is 18.0 Å². The zero-order chi connectivity index (χ0) is 14.8. The molecular weight excluding hydrogens is 309 g/mol. The first-order valence-corrected chi connectivity index (χ1v) is 6.96. The van der Waals surface area contributed by atoms with Crippen molar-refractivity contribution in [2.24, 2.45) is 0 Å². The van der Waals surface area contributed by atoms with E-state index in [1.807, 2.05) is 0 Å². The normalized spacial score (nSPS) is 11.6. The second kappa shape index (κ2) is 5.97. The van der Waals surface area contributed by atoms with Crippen molar-refractivity contribution in [1.29, 1.82) is 0 Å². The SMILES string of the molecule is O=C(Cc1ccc(C(F)(F)F)cc1)Cc1ccc(Cl)s1. The summed E-state index contributed by atoms with van der Waals surface area (Å²) in [5, 5.41) is 0. The summed E-state index contributed by atoms with van der Waals surface area (Å²) in [6, 6.07) is 8.14. The molecule has 20 heavy (non-hydrogen) atoms. The first-order valence-electron chi connectivity index (χ1n) is 5.76. The highest BCUT2D eigenvalue weighted by Crippen LogP contribution is 2.29. The number of rotatable bonds is 4. The van der Waals surface area contributed by atoms with Gasteiger partial charge in [0.25, 0.3) is 0 Å². The molecule has 106 valence electrons. The second-order valence-electron chi connectivity index (χ2n) is 4.29. The number of thiophene rings is 1. The first-order chi connectivity index (χ1) is 9.34. The van der Waals surface area contributed by atoms with Gasteiger partial charge >= 0.3 is 6.18 Å². The minimum Gasteiger partial charge on any atom is -0.299 e. The van der Waals surface area contributed by atoms with Gasteiger partial charge in [-0.25, -0.2) is 0 Å². The van der Waals surface area contributed by atoms with Gasteiger partial charge in [-0.05, 0) is 29.8 Å². The topological polar surface area (TPSA) is 17.1 Å². The Morgan fingerprint density at radius 3 is 2.20 bits per heavy atom. The number of Topliss-reactive ketones (excluding diaryl/α,β-unsaturated/α-hetero) is 1. The summed E-state index contributed by atoms with van der Waals surface area (Å²) in [4.78, 5) is 12.7. The van der Waals surface area contributed by atoms with Crippen molar-refractivity contribution in [2.45, 2.75) is 19.0 Å². The highest BCUT2D eigenvalue weighted by molar-refractivity contribution is 7.16. The standard InChI is InChI=1S/C14H10ClF3OS/c15-13-6-5-12(20-13)8-11(19)7-9-1-3-10(4-2-9)14(16,17)18/h1-6H,7-8H2. The fourth-order valence-electron chi connectivity index (χ4n) is 1.74. The highest BCUT2D eigenvalue weighted by atomic mass is 35.5. The van der Waals surface area contributed by atoms with Crippen LogP contribution in [0.5, 0.6) is 0 Å². The van der Waals surface area contributed by atoms with E-state index in [-0.39, 0.29) is 18.6 Å². The van der Waals surface area contributed by atoms with Crippen molar-refractivity contribution in [2.75, 3.05) is 0 Å². The van der Waals surface area contributed by atoms with Gasteiger partial charge in [0, 0.05) is 17.7 Å². The number of halogens is 4. The lowest BCUT2D eigenvalue weighted by molar-refractivity contribution is -0.137. The summed E-state index contributed by atoms with van der Waals surface area (Å²) < 4.78 is 37.8. The maximum atomic E-state index is 12.4. The third kappa shape index (κ3) is 4.08. The second-order valence-corrected chi connectivity index (χ2v) is 6.09. The van der Waals surface area contributed by atoms with Crippen molar-refractivity contribution in [1.82, 2.24) is 0 Å². The quantitative estimate of drug-likeness (QED) is 0.793. The summed E-state index contributed by atoms with van der Waals surface area (Å²) in [6.07, 6.45) is -3.98. The van der Waals surface area contributed by atoms with Gasteiger partial charge in [-0.2, -0.15) is 13.2 Å². The minimum absolute atomic E-state index is 0.0525. The molecule has 6 heteroatoms. The van der Waals surface area contributed by atoms with Crippen LogP contribution in [0.1, 0.15) is 16.0 Å². The van der Waals surface area contributed by atoms with E-state index in [9.17, 15) is 18.0 Å². The van der Waals surface area contributed by atoms with Gasteiger partial charge in [-0.1, -0.05) is 23.7 Å². The Balaban J connectivity index is 1.98. The molecule has 0 N–H and O–H groups in total. The van der Waals surface area contributed by atoms with E-state index in [1.165, 1.54) is 23.5 Å². The molecule has 0 aliphatic carbocycles. The Kier molecular flexibility index (Phi) is 4.50. The number of ketones is 1. The molecule has 0 spiro atoms. The van der Waals surface area contributed by atoms with Crippen LogP contribution < -0.4 is 0 Å². The molecular formula is C14H10ClF3OS. The van der Waals surface area contributed by atoms with Crippen molar-refractivity contribution >= 4 is 28.7 Å². The summed E-state index contributed by atoms with van der Waals surface area (Å²) >= 11 is 7.09. The van der Waals surface area contributed by atoms with Gasteiger partial charge in [0.1, 0.15) is 5.78 Å². The van der Waals surface area contributed by atoms with Gasteiger partial charge < -0.3 is 0 Å². The van der Waals surface area contributed by atoms with Gasteiger partial charge in [-0.15, -0.1) is 11.3 Å². The number of carbonyl (C=O) groups is 1. The number of hydrogen-bond donors (Lipinski definition) is 0. The maximum absolute atomic E-state index is 12.4. The highest BCUT2D eigenvalue weighted by Gasteiger charge is 2.29. The van der Waals surface area contributed by atoms with Crippen LogP contribution in [-0.4, -0.2) is 5.78 Å². The van der Waals surface area contributed by atoms with Crippen LogP contribution in [0.15, 0.2) is 36.4 Å². The van der Waals surface area contributed by atoms with Crippen LogP contribution >= 0.6 is 22.9 Å².